The minimum absolute atomic E-state index is 0.190. The van der Waals surface area contributed by atoms with Gasteiger partial charge in [0.15, 0.2) is 5.41 Å². The van der Waals surface area contributed by atoms with Gasteiger partial charge in [-0.1, -0.05) is 0 Å². The summed E-state index contributed by atoms with van der Waals surface area (Å²) < 4.78 is 4.66. The molecule has 0 aromatic carbocycles. The summed E-state index contributed by atoms with van der Waals surface area (Å²) in [7, 11) is 0. The lowest BCUT2D eigenvalue weighted by atomic mass is 9.94. The van der Waals surface area contributed by atoms with E-state index in [-0.39, 0.29) is 5.94 Å². The second kappa shape index (κ2) is 4.35. The van der Waals surface area contributed by atoms with Gasteiger partial charge in [0.2, 0.25) is 0 Å². The lowest BCUT2D eigenvalue weighted by molar-refractivity contribution is -0.164. The summed E-state index contributed by atoms with van der Waals surface area (Å²) in [5.41, 5.74) is -1.45. The van der Waals surface area contributed by atoms with Crippen LogP contribution in [-0.4, -0.2) is 29.2 Å². The number of carboxylic acids is 1. The van der Waals surface area contributed by atoms with Crippen molar-refractivity contribution in [1.82, 2.24) is 0 Å². The van der Waals surface area contributed by atoms with E-state index in [0.29, 0.717) is 0 Å². The zero-order chi connectivity index (χ0) is 9.78. The molecule has 0 amide bonds. The Morgan fingerprint density at radius 2 is 2.00 bits per heavy atom. The van der Waals surface area contributed by atoms with Crippen molar-refractivity contribution in [1.29, 1.82) is 0 Å². The van der Waals surface area contributed by atoms with Crippen molar-refractivity contribution < 1.29 is 19.4 Å². The number of thioether (sulfide) groups is 1. The number of carboxylic acid groups (broad SMARTS) is 1. The monoisotopic (exact) mass is 192 g/mol. The highest BCUT2D eigenvalue weighted by atomic mass is 32.2. The van der Waals surface area contributed by atoms with Gasteiger partial charge < -0.3 is 9.84 Å². The Balaban J connectivity index is 4.16. The summed E-state index contributed by atoms with van der Waals surface area (Å²) in [6, 6.07) is 0. The highest BCUT2D eigenvalue weighted by Crippen LogP contribution is 2.17. The minimum Gasteiger partial charge on any atom is -0.480 e. The Bertz CT molecular complexity index is 188. The standard InChI is InChI=1S/C7H12O4S/c1-7(2,5(8)9)6(10)11-4-12-3/h4H2,1-3H3,(H,8,9). The molecule has 0 aromatic heterocycles. The molecule has 0 aliphatic rings. The molecule has 0 saturated carbocycles. The van der Waals surface area contributed by atoms with Gasteiger partial charge in [0, 0.05) is 0 Å². The number of hydrogen-bond acceptors (Lipinski definition) is 4. The first-order chi connectivity index (χ1) is 5.42. The van der Waals surface area contributed by atoms with Gasteiger partial charge in [-0.2, -0.15) is 0 Å². The van der Waals surface area contributed by atoms with Crippen molar-refractivity contribution in [2.24, 2.45) is 5.41 Å². The number of hydrogen-bond donors (Lipinski definition) is 1. The van der Waals surface area contributed by atoms with Crippen LogP contribution in [-0.2, 0) is 14.3 Å². The van der Waals surface area contributed by atoms with E-state index >= 15 is 0 Å². The molecule has 0 aliphatic heterocycles. The smallest absolute Gasteiger partial charge is 0.323 e. The van der Waals surface area contributed by atoms with E-state index in [4.69, 9.17) is 5.11 Å². The maximum Gasteiger partial charge on any atom is 0.323 e. The fourth-order valence-electron chi connectivity index (χ4n) is 0.380. The quantitative estimate of drug-likeness (QED) is 0.408. The predicted molar refractivity (Wildman–Crippen MR) is 45.9 cm³/mol. The van der Waals surface area contributed by atoms with Crippen LogP contribution in [0.4, 0.5) is 0 Å². The van der Waals surface area contributed by atoms with Gasteiger partial charge in [-0.3, -0.25) is 9.59 Å². The molecule has 0 aromatic rings. The topological polar surface area (TPSA) is 63.6 Å². The molecule has 5 heteroatoms. The van der Waals surface area contributed by atoms with Crippen LogP contribution in [0.5, 0.6) is 0 Å². The van der Waals surface area contributed by atoms with Gasteiger partial charge in [-0.25, -0.2) is 0 Å². The van der Waals surface area contributed by atoms with Crippen LogP contribution < -0.4 is 0 Å². The lowest BCUT2D eigenvalue weighted by Gasteiger charge is -2.16. The van der Waals surface area contributed by atoms with Crippen LogP contribution >= 0.6 is 11.8 Å². The fraction of sp³-hybridized carbons (Fsp3) is 0.714. The van der Waals surface area contributed by atoms with Crippen molar-refractivity contribution in [3.63, 3.8) is 0 Å². The van der Waals surface area contributed by atoms with E-state index in [2.05, 4.69) is 4.74 Å². The number of carbonyl (C=O) groups is 2. The molecular weight excluding hydrogens is 180 g/mol. The lowest BCUT2D eigenvalue weighted by Crippen LogP contribution is -2.34. The number of esters is 1. The number of rotatable bonds is 4. The van der Waals surface area contributed by atoms with Crippen LogP contribution in [0.2, 0.25) is 0 Å². The Kier molecular flexibility index (Phi) is 4.09. The summed E-state index contributed by atoms with van der Waals surface area (Å²) >= 11 is 1.32. The van der Waals surface area contributed by atoms with Crippen LogP contribution in [0.15, 0.2) is 0 Å². The third-order valence-corrected chi connectivity index (χ3v) is 1.71. The fourth-order valence-corrected chi connectivity index (χ4v) is 0.605. The molecule has 12 heavy (non-hydrogen) atoms. The molecule has 0 radical (unpaired) electrons. The molecule has 0 atom stereocenters. The van der Waals surface area contributed by atoms with E-state index in [1.165, 1.54) is 25.6 Å². The van der Waals surface area contributed by atoms with Crippen molar-refractivity contribution >= 4 is 23.7 Å². The van der Waals surface area contributed by atoms with E-state index in [9.17, 15) is 9.59 Å². The van der Waals surface area contributed by atoms with Crippen molar-refractivity contribution in [2.75, 3.05) is 12.2 Å². The van der Waals surface area contributed by atoms with Gasteiger partial charge >= 0.3 is 11.9 Å². The van der Waals surface area contributed by atoms with E-state index in [0.717, 1.165) is 0 Å². The normalized spacial score (nSPS) is 10.9. The Labute approximate surface area is 75.3 Å². The summed E-state index contributed by atoms with van der Waals surface area (Å²) in [4.78, 5) is 21.6. The van der Waals surface area contributed by atoms with Crippen LogP contribution in [0.3, 0.4) is 0 Å². The second-order valence-electron chi connectivity index (χ2n) is 2.77. The van der Waals surface area contributed by atoms with E-state index < -0.39 is 17.4 Å². The van der Waals surface area contributed by atoms with Gasteiger partial charge in [0.1, 0.15) is 5.94 Å². The second-order valence-corrected chi connectivity index (χ2v) is 3.58. The van der Waals surface area contributed by atoms with Crippen molar-refractivity contribution in [3.05, 3.63) is 0 Å². The van der Waals surface area contributed by atoms with Gasteiger partial charge in [-0.05, 0) is 20.1 Å². The maximum atomic E-state index is 11.0. The number of ether oxygens (including phenoxy) is 1. The first-order valence-corrected chi connectivity index (χ1v) is 4.72. The minimum atomic E-state index is -1.45. The molecule has 1 N–H and O–H groups in total. The van der Waals surface area contributed by atoms with Gasteiger partial charge in [0.25, 0.3) is 0 Å². The zero-order valence-electron chi connectivity index (χ0n) is 7.29. The van der Waals surface area contributed by atoms with Crippen molar-refractivity contribution in [3.8, 4) is 0 Å². The van der Waals surface area contributed by atoms with Gasteiger partial charge in [-0.15, -0.1) is 11.8 Å². The van der Waals surface area contributed by atoms with Crippen LogP contribution in [0, 0.1) is 5.41 Å². The summed E-state index contributed by atoms with van der Waals surface area (Å²) in [6.07, 6.45) is 1.76. The van der Waals surface area contributed by atoms with E-state index in [1.807, 2.05) is 0 Å². The molecule has 0 bridgehead atoms. The third-order valence-electron chi connectivity index (χ3n) is 1.35. The van der Waals surface area contributed by atoms with Gasteiger partial charge in [0.05, 0.1) is 0 Å². The highest BCUT2D eigenvalue weighted by Gasteiger charge is 2.37. The predicted octanol–water partition coefficient (Wildman–Crippen LogP) is 0.961. The first-order valence-electron chi connectivity index (χ1n) is 3.32. The maximum absolute atomic E-state index is 11.0. The molecule has 70 valence electrons. The number of carbonyl (C=O) groups excluding carboxylic acids is 1. The molecule has 0 rings (SSSR count). The molecule has 0 saturated heterocycles. The average Bonchev–Trinajstić information content (AvgIpc) is 1.99. The number of aliphatic carboxylic acids is 1. The Morgan fingerprint density at radius 3 is 2.33 bits per heavy atom. The molecular formula is C7H12O4S. The van der Waals surface area contributed by atoms with Crippen LogP contribution in [0.1, 0.15) is 13.8 Å². The Hall–Kier alpha value is -0.710. The van der Waals surface area contributed by atoms with E-state index in [1.54, 1.807) is 6.26 Å². The molecule has 4 nitrogen and oxygen atoms in total. The molecule has 0 aliphatic carbocycles. The molecule has 0 spiro atoms. The largest absolute Gasteiger partial charge is 0.480 e. The highest BCUT2D eigenvalue weighted by molar-refractivity contribution is 7.98. The molecule has 0 heterocycles. The van der Waals surface area contributed by atoms with Crippen LogP contribution in [0.25, 0.3) is 0 Å². The zero-order valence-corrected chi connectivity index (χ0v) is 8.10. The van der Waals surface area contributed by atoms with Crippen molar-refractivity contribution in [2.45, 2.75) is 13.8 Å². The summed E-state index contributed by atoms with van der Waals surface area (Å²) in [6.45, 7) is 2.63. The SMILES string of the molecule is CSCOC(=O)C(C)(C)C(=O)O. The first kappa shape index (κ1) is 11.3. The summed E-state index contributed by atoms with van der Waals surface area (Å²) in [5, 5.41) is 8.60. The Morgan fingerprint density at radius 1 is 1.50 bits per heavy atom. The molecule has 0 fully saturated rings. The summed E-state index contributed by atoms with van der Waals surface area (Å²) in [5.74, 6) is -1.69. The average molecular weight is 192 g/mol. The molecule has 0 unspecified atom stereocenters. The third kappa shape index (κ3) is 2.73.